The summed E-state index contributed by atoms with van der Waals surface area (Å²) in [6.45, 7) is 0.0854. The first-order valence-electron chi connectivity index (χ1n) is 9.96. The van der Waals surface area contributed by atoms with Crippen LogP contribution in [0.25, 0.3) is 0 Å². The Balaban J connectivity index is 1.57. The molecular weight excluding hydrogens is 410 g/mol. The molecule has 0 spiro atoms. The van der Waals surface area contributed by atoms with Crippen LogP contribution in [0.5, 0.6) is 5.75 Å². The molecule has 0 saturated carbocycles. The number of ether oxygens (including phenoxy) is 3. The summed E-state index contributed by atoms with van der Waals surface area (Å²) in [6, 6.07) is 23.6. The van der Waals surface area contributed by atoms with E-state index in [4.69, 9.17) is 14.2 Å². The maximum Gasteiger partial charge on any atom is 0.408 e. The molecule has 0 heterocycles. The average molecular weight is 433 g/mol. The van der Waals surface area contributed by atoms with Gasteiger partial charge in [-0.3, -0.25) is 0 Å². The van der Waals surface area contributed by atoms with E-state index < -0.39 is 24.1 Å². The third kappa shape index (κ3) is 6.70. The van der Waals surface area contributed by atoms with Crippen LogP contribution in [0.3, 0.4) is 0 Å². The van der Waals surface area contributed by atoms with Gasteiger partial charge in [-0.25, -0.2) is 14.4 Å². The minimum atomic E-state index is -0.930. The van der Waals surface area contributed by atoms with Crippen LogP contribution in [0.15, 0.2) is 84.9 Å². The molecule has 164 valence electrons. The van der Waals surface area contributed by atoms with Gasteiger partial charge in [0.1, 0.15) is 18.4 Å². The summed E-state index contributed by atoms with van der Waals surface area (Å²) in [5.41, 5.74) is 2.02. The molecule has 0 unspecified atom stereocenters. The molecule has 0 aliphatic heterocycles. The number of hydrogen-bond donors (Lipinski definition) is 1. The van der Waals surface area contributed by atoms with E-state index in [0.29, 0.717) is 11.3 Å². The number of esters is 2. The van der Waals surface area contributed by atoms with Crippen LogP contribution in [-0.4, -0.2) is 31.2 Å². The lowest BCUT2D eigenvalue weighted by atomic mass is 10.1. The first kappa shape index (κ1) is 22.6. The maximum atomic E-state index is 12.1. The Labute approximate surface area is 185 Å². The average Bonchev–Trinajstić information content (AvgIpc) is 2.84. The number of carbonyl (C=O) groups excluding carboxylic acids is 3. The molecule has 7 heteroatoms. The highest BCUT2D eigenvalue weighted by Gasteiger charge is 2.23. The monoisotopic (exact) mass is 433 g/mol. The lowest BCUT2D eigenvalue weighted by molar-refractivity contribution is -0.143. The van der Waals surface area contributed by atoms with E-state index in [0.717, 1.165) is 11.1 Å². The van der Waals surface area contributed by atoms with Gasteiger partial charge in [-0.15, -0.1) is 0 Å². The van der Waals surface area contributed by atoms with Crippen molar-refractivity contribution in [3.8, 4) is 5.75 Å². The summed E-state index contributed by atoms with van der Waals surface area (Å²) >= 11 is 0. The maximum absolute atomic E-state index is 12.1. The zero-order valence-electron chi connectivity index (χ0n) is 17.5. The van der Waals surface area contributed by atoms with Gasteiger partial charge < -0.3 is 19.5 Å². The molecule has 0 radical (unpaired) electrons. The smallest absolute Gasteiger partial charge is 0.408 e. The third-order valence-corrected chi connectivity index (χ3v) is 4.57. The number of carbonyl (C=O) groups is 3. The topological polar surface area (TPSA) is 90.9 Å². The molecule has 0 aliphatic carbocycles. The SMILES string of the molecule is COC(=O)[C@H](Cc1ccc(OC(=O)c2ccccc2)cc1)NC(=O)OCc1ccccc1. The molecule has 1 atom stereocenters. The molecule has 0 fully saturated rings. The fraction of sp³-hybridized carbons (Fsp3) is 0.160. The fourth-order valence-corrected chi connectivity index (χ4v) is 2.91. The van der Waals surface area contributed by atoms with Crippen LogP contribution in [-0.2, 0) is 27.3 Å². The molecule has 3 aromatic carbocycles. The Morgan fingerprint density at radius 1 is 0.812 bits per heavy atom. The summed E-state index contributed by atoms with van der Waals surface area (Å²) in [7, 11) is 1.25. The summed E-state index contributed by atoms with van der Waals surface area (Å²) in [4.78, 5) is 36.4. The second-order valence-corrected chi connectivity index (χ2v) is 6.89. The molecule has 1 N–H and O–H groups in total. The van der Waals surface area contributed by atoms with Gasteiger partial charge in [0.2, 0.25) is 0 Å². The molecule has 32 heavy (non-hydrogen) atoms. The molecule has 0 aliphatic rings. The lowest BCUT2D eigenvalue weighted by Crippen LogP contribution is -2.43. The fourth-order valence-electron chi connectivity index (χ4n) is 2.91. The van der Waals surface area contributed by atoms with Crippen molar-refractivity contribution in [1.82, 2.24) is 5.32 Å². The van der Waals surface area contributed by atoms with Crippen molar-refractivity contribution in [1.29, 1.82) is 0 Å². The second-order valence-electron chi connectivity index (χ2n) is 6.89. The Morgan fingerprint density at radius 2 is 1.44 bits per heavy atom. The van der Waals surface area contributed by atoms with Gasteiger partial charge >= 0.3 is 18.0 Å². The molecule has 0 bridgehead atoms. The van der Waals surface area contributed by atoms with E-state index in [2.05, 4.69) is 5.32 Å². The quantitative estimate of drug-likeness (QED) is 0.428. The number of methoxy groups -OCH3 is 1. The van der Waals surface area contributed by atoms with Crippen molar-refractivity contribution in [3.05, 3.63) is 102 Å². The van der Waals surface area contributed by atoms with Crippen molar-refractivity contribution >= 4 is 18.0 Å². The van der Waals surface area contributed by atoms with Gasteiger partial charge in [0, 0.05) is 6.42 Å². The molecule has 3 rings (SSSR count). The summed E-state index contributed by atoms with van der Waals surface area (Å²) in [5.74, 6) is -0.692. The summed E-state index contributed by atoms with van der Waals surface area (Å²) < 4.78 is 15.3. The van der Waals surface area contributed by atoms with Crippen molar-refractivity contribution in [2.75, 3.05) is 7.11 Å². The van der Waals surface area contributed by atoms with E-state index in [-0.39, 0.29) is 13.0 Å². The van der Waals surface area contributed by atoms with E-state index in [9.17, 15) is 14.4 Å². The minimum Gasteiger partial charge on any atom is -0.467 e. The highest BCUT2D eigenvalue weighted by Crippen LogP contribution is 2.16. The van der Waals surface area contributed by atoms with Crippen LogP contribution in [0.1, 0.15) is 21.5 Å². The van der Waals surface area contributed by atoms with Crippen molar-refractivity contribution < 1.29 is 28.6 Å². The standard InChI is InChI=1S/C25H23NO6/c1-30-24(28)22(26-25(29)31-17-19-8-4-2-5-9-19)16-18-12-14-21(15-13-18)32-23(27)20-10-6-3-7-11-20/h2-15,22H,16-17H2,1H3,(H,26,29)/t22-/m0/s1. The minimum absolute atomic E-state index is 0.0854. The Morgan fingerprint density at radius 3 is 2.06 bits per heavy atom. The predicted octanol–water partition coefficient (Wildman–Crippen LogP) is 3.92. The second kappa shape index (κ2) is 11.3. The van der Waals surface area contributed by atoms with Gasteiger partial charge in [0.15, 0.2) is 0 Å². The normalized spacial score (nSPS) is 11.2. The van der Waals surface area contributed by atoms with Crippen molar-refractivity contribution in [3.63, 3.8) is 0 Å². The highest BCUT2D eigenvalue weighted by atomic mass is 16.6. The Kier molecular flexibility index (Phi) is 7.97. The number of rotatable bonds is 8. The van der Waals surface area contributed by atoms with E-state index in [1.165, 1.54) is 7.11 Å². The van der Waals surface area contributed by atoms with E-state index in [1.54, 1.807) is 48.5 Å². The lowest BCUT2D eigenvalue weighted by Gasteiger charge is -2.17. The predicted molar refractivity (Wildman–Crippen MR) is 117 cm³/mol. The van der Waals surface area contributed by atoms with E-state index >= 15 is 0 Å². The summed E-state index contributed by atoms with van der Waals surface area (Å²) in [5, 5.41) is 2.53. The van der Waals surface area contributed by atoms with Crippen LogP contribution in [0.2, 0.25) is 0 Å². The first-order chi connectivity index (χ1) is 15.5. The first-order valence-corrected chi connectivity index (χ1v) is 9.96. The summed E-state index contributed by atoms with van der Waals surface area (Å²) in [6.07, 6.45) is -0.544. The van der Waals surface area contributed by atoms with Crippen molar-refractivity contribution in [2.45, 2.75) is 19.1 Å². The zero-order valence-corrected chi connectivity index (χ0v) is 17.5. The number of hydrogen-bond acceptors (Lipinski definition) is 6. The molecule has 7 nitrogen and oxygen atoms in total. The van der Waals surface area contributed by atoms with Gasteiger partial charge in [-0.05, 0) is 35.4 Å². The number of benzene rings is 3. The van der Waals surface area contributed by atoms with Crippen LogP contribution < -0.4 is 10.1 Å². The molecule has 0 saturated heterocycles. The van der Waals surface area contributed by atoms with Gasteiger partial charge in [0.25, 0.3) is 0 Å². The highest BCUT2D eigenvalue weighted by molar-refractivity contribution is 5.91. The van der Waals surface area contributed by atoms with Crippen LogP contribution in [0.4, 0.5) is 4.79 Å². The largest absolute Gasteiger partial charge is 0.467 e. The van der Waals surface area contributed by atoms with Gasteiger partial charge in [-0.1, -0.05) is 60.7 Å². The number of amides is 1. The van der Waals surface area contributed by atoms with E-state index in [1.807, 2.05) is 36.4 Å². The van der Waals surface area contributed by atoms with Crippen LogP contribution >= 0.6 is 0 Å². The zero-order chi connectivity index (χ0) is 22.8. The Bertz CT molecular complexity index is 1040. The molecule has 0 aromatic heterocycles. The van der Waals surface area contributed by atoms with Gasteiger partial charge in [0.05, 0.1) is 12.7 Å². The molecule has 1 amide bonds. The third-order valence-electron chi connectivity index (χ3n) is 4.57. The number of alkyl carbamates (subject to hydrolysis) is 1. The Hall–Kier alpha value is -4.13. The molecule has 3 aromatic rings. The number of nitrogens with one attached hydrogen (secondary N) is 1. The van der Waals surface area contributed by atoms with Crippen LogP contribution in [0, 0.1) is 0 Å². The van der Waals surface area contributed by atoms with Gasteiger partial charge in [-0.2, -0.15) is 0 Å². The molecular formula is C25H23NO6. The van der Waals surface area contributed by atoms with Crippen molar-refractivity contribution in [2.24, 2.45) is 0 Å².